The number of hydrogen-bond acceptors (Lipinski definition) is 12. The SMILES string of the molecule is C[C@@H](Cn1cnnn1)Oc1cc(-c2cnc(Nc3cn(C4CCC(N5CCOCC5)CC4)nc3OCC3COC3)nc2)ccc1Cl. The Morgan fingerprint density at radius 3 is 2.52 bits per heavy atom. The first-order chi connectivity index (χ1) is 22.6. The van der Waals surface area contributed by atoms with Gasteiger partial charge < -0.3 is 24.3 Å². The van der Waals surface area contributed by atoms with Crippen molar-refractivity contribution in [3.8, 4) is 22.8 Å². The van der Waals surface area contributed by atoms with Crippen molar-refractivity contribution in [1.29, 1.82) is 0 Å². The normalized spacial score (nSPS) is 21.4. The number of anilines is 2. The molecule has 2 aliphatic heterocycles. The molecule has 0 unspecified atom stereocenters. The largest absolute Gasteiger partial charge is 0.487 e. The molecule has 14 nitrogen and oxygen atoms in total. The Morgan fingerprint density at radius 1 is 1.02 bits per heavy atom. The molecule has 0 bridgehead atoms. The van der Waals surface area contributed by atoms with E-state index in [-0.39, 0.29) is 6.10 Å². The summed E-state index contributed by atoms with van der Waals surface area (Å²) in [6.45, 7) is 8.15. The van der Waals surface area contributed by atoms with Gasteiger partial charge in [-0.25, -0.2) is 14.6 Å². The number of tetrazole rings is 1. The van der Waals surface area contributed by atoms with Gasteiger partial charge in [-0.15, -0.1) is 10.2 Å². The number of ether oxygens (including phenoxy) is 4. The molecule has 3 fully saturated rings. The summed E-state index contributed by atoms with van der Waals surface area (Å²) in [5.74, 6) is 1.96. The summed E-state index contributed by atoms with van der Waals surface area (Å²) >= 11 is 6.45. The topological polar surface area (TPSA) is 139 Å². The lowest BCUT2D eigenvalue weighted by Crippen LogP contribution is -2.45. The van der Waals surface area contributed by atoms with Crippen LogP contribution in [-0.2, 0) is 16.0 Å². The molecule has 4 aromatic rings. The fraction of sp³-hybridized carbons (Fsp3) is 0.548. The number of rotatable bonds is 12. The smallest absolute Gasteiger partial charge is 0.256 e. The maximum atomic E-state index is 6.45. The van der Waals surface area contributed by atoms with Crippen LogP contribution in [-0.4, -0.2) is 103 Å². The fourth-order valence-corrected chi connectivity index (χ4v) is 6.34. The fourth-order valence-electron chi connectivity index (χ4n) is 6.18. The van der Waals surface area contributed by atoms with Crippen LogP contribution in [0.5, 0.6) is 11.6 Å². The second-order valence-electron chi connectivity index (χ2n) is 12.2. The Balaban J connectivity index is 1.02. The van der Waals surface area contributed by atoms with Crippen LogP contribution in [0, 0.1) is 5.92 Å². The third-order valence-corrected chi connectivity index (χ3v) is 9.10. The molecule has 46 heavy (non-hydrogen) atoms. The molecule has 1 saturated carbocycles. The number of halogens is 1. The number of morpholine rings is 1. The molecule has 1 atom stereocenters. The summed E-state index contributed by atoms with van der Waals surface area (Å²) in [7, 11) is 0. The number of hydrogen-bond donors (Lipinski definition) is 1. The number of nitrogens with zero attached hydrogens (tertiary/aromatic N) is 9. The van der Waals surface area contributed by atoms with E-state index in [4.69, 9.17) is 35.6 Å². The number of nitrogens with one attached hydrogen (secondary N) is 1. The summed E-state index contributed by atoms with van der Waals surface area (Å²) in [5.41, 5.74) is 2.46. The molecule has 5 heterocycles. The van der Waals surface area contributed by atoms with Crippen LogP contribution < -0.4 is 14.8 Å². The minimum absolute atomic E-state index is 0.201. The van der Waals surface area contributed by atoms with Gasteiger partial charge in [-0.1, -0.05) is 17.7 Å². The summed E-state index contributed by atoms with van der Waals surface area (Å²) in [6.07, 6.45) is 11.4. The van der Waals surface area contributed by atoms with Crippen LogP contribution in [0.3, 0.4) is 0 Å². The molecule has 3 aliphatic rings. The van der Waals surface area contributed by atoms with Crippen molar-refractivity contribution in [3.05, 3.63) is 48.1 Å². The molecule has 1 N–H and O–H groups in total. The van der Waals surface area contributed by atoms with Crippen molar-refractivity contribution < 1.29 is 18.9 Å². The van der Waals surface area contributed by atoms with E-state index in [2.05, 4.69) is 40.4 Å². The van der Waals surface area contributed by atoms with Gasteiger partial charge in [0, 0.05) is 43.0 Å². The van der Waals surface area contributed by atoms with Gasteiger partial charge in [-0.3, -0.25) is 9.58 Å². The van der Waals surface area contributed by atoms with E-state index in [9.17, 15) is 0 Å². The van der Waals surface area contributed by atoms with Gasteiger partial charge in [0.15, 0.2) is 0 Å². The minimum atomic E-state index is -0.201. The maximum Gasteiger partial charge on any atom is 0.256 e. The Hall–Kier alpha value is -3.85. The predicted molar refractivity (Wildman–Crippen MR) is 169 cm³/mol. The van der Waals surface area contributed by atoms with Gasteiger partial charge in [0.05, 0.1) is 56.8 Å². The molecule has 0 amide bonds. The highest BCUT2D eigenvalue weighted by Crippen LogP contribution is 2.35. The average molecular weight is 651 g/mol. The maximum absolute atomic E-state index is 6.45. The molecular weight excluding hydrogens is 612 g/mol. The van der Waals surface area contributed by atoms with E-state index in [1.165, 1.54) is 0 Å². The van der Waals surface area contributed by atoms with Gasteiger partial charge >= 0.3 is 0 Å². The van der Waals surface area contributed by atoms with E-state index in [1.54, 1.807) is 23.4 Å². The van der Waals surface area contributed by atoms with E-state index in [0.29, 0.717) is 53.8 Å². The van der Waals surface area contributed by atoms with Crippen molar-refractivity contribution in [3.63, 3.8) is 0 Å². The van der Waals surface area contributed by atoms with Crippen LogP contribution >= 0.6 is 11.6 Å². The molecule has 7 rings (SSSR count). The highest BCUT2D eigenvalue weighted by atomic mass is 35.5. The van der Waals surface area contributed by atoms with E-state index >= 15 is 0 Å². The van der Waals surface area contributed by atoms with Crippen LogP contribution in [0.1, 0.15) is 38.6 Å². The zero-order chi connectivity index (χ0) is 31.3. The minimum Gasteiger partial charge on any atom is -0.487 e. The van der Waals surface area contributed by atoms with Crippen LogP contribution in [0.4, 0.5) is 11.6 Å². The van der Waals surface area contributed by atoms with Crippen molar-refractivity contribution in [2.75, 3.05) is 51.4 Å². The lowest BCUT2D eigenvalue weighted by Gasteiger charge is -2.38. The zero-order valence-corrected chi connectivity index (χ0v) is 26.6. The molecule has 1 aliphatic carbocycles. The zero-order valence-electron chi connectivity index (χ0n) is 25.9. The highest BCUT2D eigenvalue weighted by molar-refractivity contribution is 6.32. The highest BCUT2D eigenvalue weighted by Gasteiger charge is 2.29. The Bertz CT molecular complexity index is 1550. The van der Waals surface area contributed by atoms with Crippen molar-refractivity contribution in [1.82, 2.24) is 44.9 Å². The summed E-state index contributed by atoms with van der Waals surface area (Å²) in [6, 6.07) is 6.56. The average Bonchev–Trinajstić information content (AvgIpc) is 3.72. The van der Waals surface area contributed by atoms with Gasteiger partial charge in [0.25, 0.3) is 5.88 Å². The van der Waals surface area contributed by atoms with Crippen LogP contribution in [0.15, 0.2) is 43.1 Å². The van der Waals surface area contributed by atoms with Crippen molar-refractivity contribution in [2.24, 2.45) is 5.92 Å². The lowest BCUT2D eigenvalue weighted by atomic mass is 9.90. The Morgan fingerprint density at radius 2 is 1.80 bits per heavy atom. The molecule has 0 spiro atoms. The van der Waals surface area contributed by atoms with Crippen molar-refractivity contribution in [2.45, 2.75) is 57.3 Å². The second kappa shape index (κ2) is 14.3. The van der Waals surface area contributed by atoms with Gasteiger partial charge in [-0.05, 0) is 60.7 Å². The standard InChI is InChI=1S/C31H39ClN10O4/c1-21(15-41-20-35-38-39-41)46-29-12-23(2-7-27(29)32)24-13-33-31(34-14-24)36-28-16-42(37-30(28)45-19-22-17-44-18-22)26-5-3-25(4-6-26)40-8-10-43-11-9-40/h2,7,12-14,16,20-22,25-26H,3-6,8-11,15,17-19H2,1H3,(H,33,34,36)/t21-,25?,26?/m0/s1. The summed E-state index contributed by atoms with van der Waals surface area (Å²) in [4.78, 5) is 11.8. The van der Waals surface area contributed by atoms with Crippen molar-refractivity contribution >= 4 is 23.2 Å². The third-order valence-electron chi connectivity index (χ3n) is 8.79. The first-order valence-corrected chi connectivity index (χ1v) is 16.3. The second-order valence-corrected chi connectivity index (χ2v) is 12.6. The molecule has 244 valence electrons. The predicted octanol–water partition coefficient (Wildman–Crippen LogP) is 4.03. The van der Waals surface area contributed by atoms with E-state index in [1.807, 2.05) is 31.3 Å². The Kier molecular flexibility index (Phi) is 9.56. The molecule has 0 radical (unpaired) electrons. The third kappa shape index (κ3) is 7.41. The quantitative estimate of drug-likeness (QED) is 0.237. The van der Waals surface area contributed by atoms with E-state index < -0.39 is 0 Å². The molecule has 15 heteroatoms. The summed E-state index contributed by atoms with van der Waals surface area (Å²) < 4.78 is 26.9. The molecule has 2 saturated heterocycles. The lowest BCUT2D eigenvalue weighted by molar-refractivity contribution is -0.0514. The molecular formula is C31H39ClN10O4. The van der Waals surface area contributed by atoms with Gasteiger partial charge in [-0.2, -0.15) is 0 Å². The molecule has 1 aromatic carbocycles. The number of aromatic nitrogens is 8. The van der Waals surface area contributed by atoms with Gasteiger partial charge in [0.2, 0.25) is 5.95 Å². The van der Waals surface area contributed by atoms with Crippen LogP contribution in [0.25, 0.3) is 11.1 Å². The first-order valence-electron chi connectivity index (χ1n) is 16.0. The Labute approximate surface area is 272 Å². The first kappa shape index (κ1) is 30.8. The monoisotopic (exact) mass is 650 g/mol. The molecule has 3 aromatic heterocycles. The number of benzene rings is 1. The van der Waals surface area contributed by atoms with E-state index in [0.717, 1.165) is 82.0 Å². The summed E-state index contributed by atoms with van der Waals surface area (Å²) in [5, 5.41) is 20.0. The van der Waals surface area contributed by atoms with Crippen LogP contribution in [0.2, 0.25) is 5.02 Å². The van der Waals surface area contributed by atoms with Gasteiger partial charge in [0.1, 0.15) is 23.9 Å².